The summed E-state index contributed by atoms with van der Waals surface area (Å²) in [5.41, 5.74) is 6.14. The summed E-state index contributed by atoms with van der Waals surface area (Å²) in [6, 6.07) is 0. The predicted molar refractivity (Wildman–Crippen MR) is 53.3 cm³/mol. The number of sulfonamides is 1. The summed E-state index contributed by atoms with van der Waals surface area (Å²) in [4.78, 5) is 4.03. The highest BCUT2D eigenvalue weighted by molar-refractivity contribution is 7.92. The van der Waals surface area contributed by atoms with E-state index in [1.807, 2.05) is 0 Å². The number of nitrogens with zero attached hydrogens (tertiary/aromatic N) is 1. The third-order valence-corrected chi connectivity index (χ3v) is 2.72. The van der Waals surface area contributed by atoms with Crippen LogP contribution < -0.4 is 10.5 Å². The maximum atomic E-state index is 10.8. The Morgan fingerprint density at radius 2 is 2.38 bits per heavy atom. The molecule has 1 aromatic rings. The zero-order valence-electron chi connectivity index (χ0n) is 7.15. The molecular weight excluding hydrogens is 210 g/mol. The number of nitrogens with two attached hydrogens (primary N) is 1. The molecule has 13 heavy (non-hydrogen) atoms. The van der Waals surface area contributed by atoms with Gasteiger partial charge in [-0.25, -0.2) is 13.4 Å². The zero-order valence-corrected chi connectivity index (χ0v) is 8.78. The Labute approximate surface area is 81.0 Å². The highest BCUT2D eigenvalue weighted by Crippen LogP contribution is 2.16. The van der Waals surface area contributed by atoms with Crippen LogP contribution in [0, 0.1) is 0 Å². The van der Waals surface area contributed by atoms with Crippen molar-refractivity contribution in [1.82, 2.24) is 4.98 Å². The van der Waals surface area contributed by atoms with Gasteiger partial charge in [-0.3, -0.25) is 4.72 Å². The van der Waals surface area contributed by atoms with E-state index in [1.165, 1.54) is 11.3 Å². The van der Waals surface area contributed by atoms with Crippen LogP contribution in [0.4, 0.5) is 5.13 Å². The van der Waals surface area contributed by atoms with E-state index >= 15 is 0 Å². The molecule has 1 rings (SSSR count). The highest BCUT2D eigenvalue weighted by atomic mass is 32.2. The van der Waals surface area contributed by atoms with Gasteiger partial charge in [0.25, 0.3) is 0 Å². The Hall–Kier alpha value is -0.660. The van der Waals surface area contributed by atoms with Crippen molar-refractivity contribution in [3.8, 4) is 0 Å². The first-order valence-corrected chi connectivity index (χ1v) is 6.40. The van der Waals surface area contributed by atoms with Crippen LogP contribution in [0.2, 0.25) is 0 Å². The number of anilines is 1. The molecule has 3 N–H and O–H groups in total. The van der Waals surface area contributed by atoms with E-state index < -0.39 is 10.0 Å². The largest absolute Gasteiger partial charge is 0.330 e. The van der Waals surface area contributed by atoms with Crippen molar-refractivity contribution >= 4 is 26.5 Å². The predicted octanol–water partition coefficient (Wildman–Crippen LogP) is 0.0158. The first-order valence-electron chi connectivity index (χ1n) is 3.63. The summed E-state index contributed by atoms with van der Waals surface area (Å²) in [6.07, 6.45) is 1.76. The number of rotatable bonds is 4. The fraction of sp³-hybridized carbons (Fsp3) is 0.500. The van der Waals surface area contributed by atoms with Crippen molar-refractivity contribution in [2.45, 2.75) is 6.42 Å². The van der Waals surface area contributed by atoms with E-state index in [1.54, 1.807) is 5.38 Å². The van der Waals surface area contributed by atoms with E-state index in [9.17, 15) is 8.42 Å². The van der Waals surface area contributed by atoms with E-state index in [-0.39, 0.29) is 0 Å². The topological polar surface area (TPSA) is 85.1 Å². The van der Waals surface area contributed by atoms with Crippen molar-refractivity contribution in [3.05, 3.63) is 11.1 Å². The molecule has 1 aromatic heterocycles. The smallest absolute Gasteiger partial charge is 0.231 e. The third-order valence-electron chi connectivity index (χ3n) is 1.22. The Morgan fingerprint density at radius 1 is 1.69 bits per heavy atom. The van der Waals surface area contributed by atoms with Crippen molar-refractivity contribution in [3.63, 3.8) is 0 Å². The van der Waals surface area contributed by atoms with Crippen molar-refractivity contribution in [2.75, 3.05) is 17.5 Å². The average molecular weight is 221 g/mol. The maximum absolute atomic E-state index is 10.8. The van der Waals surface area contributed by atoms with Gasteiger partial charge in [-0.2, -0.15) is 0 Å². The Kier molecular flexibility index (Phi) is 3.23. The van der Waals surface area contributed by atoms with Gasteiger partial charge in [-0.1, -0.05) is 0 Å². The lowest BCUT2D eigenvalue weighted by molar-refractivity contribution is 0.607. The summed E-state index contributed by atoms with van der Waals surface area (Å²) in [5.74, 6) is 0. The van der Waals surface area contributed by atoms with Gasteiger partial charge in [0.2, 0.25) is 10.0 Å². The minimum absolute atomic E-state index is 0.394. The molecule has 0 radical (unpaired) electrons. The third kappa shape index (κ3) is 3.71. The molecule has 0 fully saturated rings. The maximum Gasteiger partial charge on any atom is 0.231 e. The van der Waals surface area contributed by atoms with Gasteiger partial charge < -0.3 is 5.73 Å². The monoisotopic (exact) mass is 221 g/mol. The number of thiazole rings is 1. The molecular formula is C6H11N3O2S2. The number of aromatic nitrogens is 1. The van der Waals surface area contributed by atoms with Gasteiger partial charge in [-0.05, 0) is 6.54 Å². The van der Waals surface area contributed by atoms with Crippen LogP contribution in [0.1, 0.15) is 5.69 Å². The van der Waals surface area contributed by atoms with Crippen molar-refractivity contribution < 1.29 is 8.42 Å². The Bertz CT molecular complexity index is 371. The minimum atomic E-state index is -3.21. The minimum Gasteiger partial charge on any atom is -0.330 e. The fourth-order valence-corrected chi connectivity index (χ4v) is 2.37. The molecule has 0 unspecified atom stereocenters. The second kappa shape index (κ2) is 4.03. The number of nitrogens with one attached hydrogen (secondary N) is 1. The van der Waals surface area contributed by atoms with Crippen LogP contribution in [0.25, 0.3) is 0 Å². The average Bonchev–Trinajstić information content (AvgIpc) is 2.33. The lowest BCUT2D eigenvalue weighted by atomic mass is 10.3. The molecule has 0 aliphatic carbocycles. The van der Waals surface area contributed by atoms with Gasteiger partial charge in [0, 0.05) is 11.8 Å². The molecule has 0 bridgehead atoms. The first kappa shape index (κ1) is 10.4. The molecule has 1 heterocycles. The molecule has 0 saturated heterocycles. The van der Waals surface area contributed by atoms with E-state index in [4.69, 9.17) is 5.73 Å². The summed E-state index contributed by atoms with van der Waals surface area (Å²) >= 11 is 1.26. The van der Waals surface area contributed by atoms with Gasteiger partial charge in [0.1, 0.15) is 0 Å². The fourth-order valence-electron chi connectivity index (χ4n) is 0.775. The quantitative estimate of drug-likeness (QED) is 0.750. The highest BCUT2D eigenvalue weighted by Gasteiger charge is 2.05. The summed E-state index contributed by atoms with van der Waals surface area (Å²) < 4.78 is 23.9. The second-order valence-electron chi connectivity index (χ2n) is 2.56. The second-order valence-corrected chi connectivity index (χ2v) is 5.16. The molecule has 7 heteroatoms. The number of hydrogen-bond donors (Lipinski definition) is 2. The molecule has 0 aliphatic heterocycles. The van der Waals surface area contributed by atoms with Crippen LogP contribution in [0.5, 0.6) is 0 Å². The van der Waals surface area contributed by atoms with Gasteiger partial charge in [0.05, 0.1) is 11.9 Å². The molecule has 0 atom stereocenters. The summed E-state index contributed by atoms with van der Waals surface area (Å²) in [5, 5.41) is 2.19. The van der Waals surface area contributed by atoms with E-state index in [0.29, 0.717) is 18.1 Å². The normalized spacial score (nSPS) is 11.5. The summed E-state index contributed by atoms with van der Waals surface area (Å²) in [6.45, 7) is 0.516. The standard InChI is InChI=1S/C6H11N3O2S2/c1-13(10,11)9-6-8-5(2-3-7)4-12-6/h4H,2-3,7H2,1H3,(H,8,9). The zero-order chi connectivity index (χ0) is 9.90. The van der Waals surface area contributed by atoms with Crippen LogP contribution in [-0.2, 0) is 16.4 Å². The molecule has 0 amide bonds. The Balaban J connectivity index is 2.69. The van der Waals surface area contributed by atoms with Crippen LogP contribution >= 0.6 is 11.3 Å². The Morgan fingerprint density at radius 3 is 2.92 bits per heavy atom. The van der Waals surface area contributed by atoms with Crippen molar-refractivity contribution in [1.29, 1.82) is 0 Å². The molecule has 5 nitrogen and oxygen atoms in total. The van der Waals surface area contributed by atoms with E-state index in [0.717, 1.165) is 11.9 Å². The van der Waals surface area contributed by atoms with Crippen LogP contribution in [0.3, 0.4) is 0 Å². The lowest BCUT2D eigenvalue weighted by Crippen LogP contribution is -2.09. The van der Waals surface area contributed by atoms with Gasteiger partial charge >= 0.3 is 0 Å². The van der Waals surface area contributed by atoms with E-state index in [2.05, 4.69) is 9.71 Å². The van der Waals surface area contributed by atoms with Gasteiger partial charge in [0.15, 0.2) is 5.13 Å². The molecule has 0 spiro atoms. The summed E-state index contributed by atoms with van der Waals surface area (Å²) in [7, 11) is -3.21. The SMILES string of the molecule is CS(=O)(=O)Nc1nc(CCN)cs1. The molecule has 0 saturated carbocycles. The van der Waals surface area contributed by atoms with Gasteiger partial charge in [-0.15, -0.1) is 11.3 Å². The lowest BCUT2D eigenvalue weighted by Gasteiger charge is -1.96. The molecule has 0 aliphatic rings. The van der Waals surface area contributed by atoms with Crippen molar-refractivity contribution in [2.24, 2.45) is 5.73 Å². The number of hydrogen-bond acceptors (Lipinski definition) is 5. The molecule has 74 valence electrons. The molecule has 0 aromatic carbocycles. The van der Waals surface area contributed by atoms with Crippen LogP contribution in [-0.4, -0.2) is 26.2 Å². The van der Waals surface area contributed by atoms with Crippen LogP contribution in [0.15, 0.2) is 5.38 Å². The first-order chi connectivity index (χ1) is 6.01.